The van der Waals surface area contributed by atoms with Crippen molar-refractivity contribution >= 4 is 22.9 Å². The summed E-state index contributed by atoms with van der Waals surface area (Å²) in [6, 6.07) is 7.88. The van der Waals surface area contributed by atoms with Gasteiger partial charge in [-0.3, -0.25) is 0 Å². The van der Waals surface area contributed by atoms with Gasteiger partial charge in [-0.2, -0.15) is 0 Å². The summed E-state index contributed by atoms with van der Waals surface area (Å²) in [6.07, 6.45) is 2.76. The molecule has 1 heterocycles. The van der Waals surface area contributed by atoms with Crippen molar-refractivity contribution in [2.45, 2.75) is 13.0 Å². The second-order valence-corrected chi connectivity index (χ2v) is 4.87. The van der Waals surface area contributed by atoms with E-state index in [-0.39, 0.29) is 0 Å². The molecule has 0 saturated carbocycles. The molecule has 0 atom stereocenters. The molecule has 0 bridgehead atoms. The number of hydrogen-bond donors (Lipinski definition) is 1. The third kappa shape index (κ3) is 2.78. The summed E-state index contributed by atoms with van der Waals surface area (Å²) < 4.78 is 0. The Hall–Kier alpha value is -0.900. The second-order valence-electron chi connectivity index (χ2n) is 3.23. The minimum Gasteiger partial charge on any atom is -0.325 e. The molecule has 0 saturated heterocycles. The van der Waals surface area contributed by atoms with Crippen LogP contribution in [0.5, 0.6) is 0 Å². The van der Waals surface area contributed by atoms with Crippen molar-refractivity contribution in [1.82, 2.24) is 4.98 Å². The first kappa shape index (κ1) is 10.6. The molecule has 0 spiro atoms. The minimum absolute atomic E-state index is 0.514. The molecule has 0 aliphatic rings. The van der Waals surface area contributed by atoms with E-state index in [2.05, 4.69) is 11.1 Å². The Morgan fingerprint density at radius 1 is 1.40 bits per heavy atom. The lowest BCUT2D eigenvalue weighted by molar-refractivity contribution is 1.04. The van der Waals surface area contributed by atoms with Crippen LogP contribution in [0.3, 0.4) is 0 Å². The highest BCUT2D eigenvalue weighted by Gasteiger charge is 2.02. The van der Waals surface area contributed by atoms with Crippen molar-refractivity contribution < 1.29 is 0 Å². The van der Waals surface area contributed by atoms with E-state index in [0.29, 0.717) is 6.54 Å². The number of rotatable bonds is 3. The van der Waals surface area contributed by atoms with Gasteiger partial charge in [0.2, 0.25) is 0 Å². The van der Waals surface area contributed by atoms with Crippen LogP contribution in [-0.2, 0) is 13.0 Å². The van der Waals surface area contributed by atoms with E-state index in [4.69, 9.17) is 17.3 Å². The van der Waals surface area contributed by atoms with Crippen LogP contribution >= 0.6 is 22.9 Å². The van der Waals surface area contributed by atoms with Crippen LogP contribution in [0.4, 0.5) is 0 Å². The van der Waals surface area contributed by atoms with Crippen molar-refractivity contribution in [2.75, 3.05) is 0 Å². The molecule has 1 aromatic carbocycles. The zero-order chi connectivity index (χ0) is 10.7. The lowest BCUT2D eigenvalue weighted by Gasteiger charge is -1.98. The molecule has 0 aliphatic heterocycles. The topological polar surface area (TPSA) is 38.9 Å². The fourth-order valence-corrected chi connectivity index (χ4v) is 2.42. The van der Waals surface area contributed by atoms with E-state index in [1.807, 2.05) is 24.4 Å². The number of nitrogens with two attached hydrogens (primary N) is 1. The van der Waals surface area contributed by atoms with Gasteiger partial charge >= 0.3 is 0 Å². The van der Waals surface area contributed by atoms with Gasteiger partial charge in [-0.05, 0) is 17.7 Å². The molecule has 78 valence electrons. The molecule has 0 amide bonds. The van der Waals surface area contributed by atoms with Gasteiger partial charge in [0.05, 0.1) is 0 Å². The van der Waals surface area contributed by atoms with Crippen LogP contribution < -0.4 is 5.73 Å². The molecule has 2 rings (SSSR count). The first-order valence-corrected chi connectivity index (χ1v) is 5.85. The molecule has 4 heteroatoms. The molecule has 0 radical (unpaired) electrons. The number of thiazole rings is 1. The van der Waals surface area contributed by atoms with E-state index < -0.39 is 0 Å². The lowest BCUT2D eigenvalue weighted by atomic mass is 10.1. The first-order valence-electron chi connectivity index (χ1n) is 4.66. The summed E-state index contributed by atoms with van der Waals surface area (Å²) in [4.78, 5) is 5.43. The van der Waals surface area contributed by atoms with Crippen LogP contribution in [0.15, 0.2) is 30.5 Å². The van der Waals surface area contributed by atoms with E-state index in [1.54, 1.807) is 11.3 Å². The Morgan fingerprint density at radius 3 is 2.93 bits per heavy atom. The van der Waals surface area contributed by atoms with Crippen molar-refractivity contribution in [1.29, 1.82) is 0 Å². The lowest BCUT2D eigenvalue weighted by Crippen LogP contribution is -1.93. The van der Waals surface area contributed by atoms with Gasteiger partial charge in [0, 0.05) is 29.1 Å². The van der Waals surface area contributed by atoms with Gasteiger partial charge in [0.25, 0.3) is 0 Å². The van der Waals surface area contributed by atoms with Gasteiger partial charge in [0.15, 0.2) is 0 Å². The highest BCUT2D eigenvalue weighted by atomic mass is 35.5. The van der Waals surface area contributed by atoms with Crippen molar-refractivity contribution in [3.63, 3.8) is 0 Å². The second kappa shape index (κ2) is 4.75. The Bertz CT molecular complexity index is 453. The highest BCUT2D eigenvalue weighted by molar-refractivity contribution is 7.11. The number of halogens is 1. The van der Waals surface area contributed by atoms with Crippen LogP contribution in [0.2, 0.25) is 5.02 Å². The predicted octanol–water partition coefficient (Wildman–Crippen LogP) is 2.85. The highest BCUT2D eigenvalue weighted by Crippen LogP contribution is 2.19. The largest absolute Gasteiger partial charge is 0.325 e. The van der Waals surface area contributed by atoms with Crippen LogP contribution in [0.1, 0.15) is 15.4 Å². The van der Waals surface area contributed by atoms with Crippen LogP contribution in [0, 0.1) is 0 Å². The number of nitrogens with zero attached hydrogens (tertiary/aromatic N) is 1. The van der Waals surface area contributed by atoms with Crippen molar-refractivity contribution in [3.05, 3.63) is 50.9 Å². The SMILES string of the molecule is NCc1ncc(Cc2cccc(Cl)c2)s1. The fraction of sp³-hybridized carbons (Fsp3) is 0.182. The number of hydrogen-bond acceptors (Lipinski definition) is 3. The number of aromatic nitrogens is 1. The predicted molar refractivity (Wildman–Crippen MR) is 64.3 cm³/mol. The number of benzene rings is 1. The maximum absolute atomic E-state index is 5.91. The molecule has 2 N–H and O–H groups in total. The van der Waals surface area contributed by atoms with E-state index >= 15 is 0 Å². The Morgan fingerprint density at radius 2 is 2.27 bits per heavy atom. The summed E-state index contributed by atoms with van der Waals surface area (Å²) >= 11 is 7.57. The summed E-state index contributed by atoms with van der Waals surface area (Å²) in [7, 11) is 0. The van der Waals surface area contributed by atoms with Gasteiger partial charge in [-0.15, -0.1) is 11.3 Å². The molecular weight excluding hydrogens is 228 g/mol. The molecule has 0 aliphatic carbocycles. The summed E-state index contributed by atoms with van der Waals surface area (Å²) in [5.41, 5.74) is 6.71. The molecule has 2 nitrogen and oxygen atoms in total. The van der Waals surface area contributed by atoms with E-state index in [1.165, 1.54) is 10.4 Å². The summed E-state index contributed by atoms with van der Waals surface area (Å²) in [6.45, 7) is 0.514. The van der Waals surface area contributed by atoms with Crippen molar-refractivity contribution in [2.24, 2.45) is 5.73 Å². The Kier molecular flexibility index (Phi) is 3.36. The van der Waals surface area contributed by atoms with Gasteiger partial charge in [0.1, 0.15) is 5.01 Å². The quantitative estimate of drug-likeness (QED) is 0.893. The standard InChI is InChI=1S/C11H11ClN2S/c12-9-3-1-2-8(4-9)5-10-7-14-11(6-13)15-10/h1-4,7H,5-6,13H2. The third-order valence-electron chi connectivity index (χ3n) is 2.04. The maximum atomic E-state index is 5.91. The fourth-order valence-electron chi connectivity index (χ4n) is 1.37. The van der Waals surface area contributed by atoms with Crippen LogP contribution in [-0.4, -0.2) is 4.98 Å². The first-order chi connectivity index (χ1) is 7.28. The molecular formula is C11H11ClN2S. The summed E-state index contributed by atoms with van der Waals surface area (Å²) in [5, 5.41) is 1.75. The van der Waals surface area contributed by atoms with Gasteiger partial charge in [-0.1, -0.05) is 23.7 Å². The zero-order valence-electron chi connectivity index (χ0n) is 8.11. The average molecular weight is 239 g/mol. The summed E-state index contributed by atoms with van der Waals surface area (Å²) in [5.74, 6) is 0. The smallest absolute Gasteiger partial charge is 0.106 e. The van der Waals surface area contributed by atoms with E-state index in [9.17, 15) is 0 Å². The van der Waals surface area contributed by atoms with Gasteiger partial charge in [-0.25, -0.2) is 4.98 Å². The maximum Gasteiger partial charge on any atom is 0.106 e. The minimum atomic E-state index is 0.514. The molecule has 2 aromatic rings. The van der Waals surface area contributed by atoms with Crippen molar-refractivity contribution in [3.8, 4) is 0 Å². The van der Waals surface area contributed by atoms with E-state index in [0.717, 1.165) is 16.5 Å². The molecule has 15 heavy (non-hydrogen) atoms. The Balaban J connectivity index is 2.14. The zero-order valence-corrected chi connectivity index (χ0v) is 9.68. The Labute approximate surface area is 97.7 Å². The molecule has 1 aromatic heterocycles. The molecule has 0 fully saturated rings. The van der Waals surface area contributed by atoms with Gasteiger partial charge < -0.3 is 5.73 Å². The molecule has 0 unspecified atom stereocenters. The normalized spacial score (nSPS) is 10.5. The third-order valence-corrected chi connectivity index (χ3v) is 3.30. The van der Waals surface area contributed by atoms with Crippen LogP contribution in [0.25, 0.3) is 0 Å². The monoisotopic (exact) mass is 238 g/mol. The average Bonchev–Trinajstić information content (AvgIpc) is 2.65.